The van der Waals surface area contributed by atoms with Crippen LogP contribution < -0.4 is 0 Å². The maximum absolute atomic E-state index is 12.8. The first-order chi connectivity index (χ1) is 10.7. The molecule has 3 aromatic rings. The van der Waals surface area contributed by atoms with Crippen molar-refractivity contribution in [2.75, 3.05) is 0 Å². The van der Waals surface area contributed by atoms with E-state index in [1.807, 2.05) is 55.5 Å². The number of benzene rings is 3. The van der Waals surface area contributed by atoms with E-state index in [-0.39, 0.29) is 11.6 Å². The van der Waals surface area contributed by atoms with Gasteiger partial charge in [0, 0.05) is 11.1 Å². The van der Waals surface area contributed by atoms with E-state index in [2.05, 4.69) is 0 Å². The molecule has 0 atom stereocenters. The zero-order chi connectivity index (χ0) is 15.3. The second-order valence-electron chi connectivity index (χ2n) is 5.72. The van der Waals surface area contributed by atoms with Crippen molar-refractivity contribution in [3.63, 3.8) is 0 Å². The average molecular weight is 286 g/mol. The summed E-state index contributed by atoms with van der Waals surface area (Å²) < 4.78 is 0. The zero-order valence-corrected chi connectivity index (χ0v) is 12.2. The van der Waals surface area contributed by atoms with E-state index in [0.29, 0.717) is 11.1 Å². The first-order valence-electron chi connectivity index (χ1n) is 7.34. The quantitative estimate of drug-likeness (QED) is 0.625. The molecule has 4 rings (SSSR count). The number of carbonyl (C=O) groups is 2. The Balaban J connectivity index is 2.00. The van der Waals surface area contributed by atoms with Crippen LogP contribution in [-0.2, 0) is 0 Å². The van der Waals surface area contributed by atoms with Crippen LogP contribution in [0.2, 0.25) is 0 Å². The second-order valence-corrected chi connectivity index (χ2v) is 5.72. The normalized spacial score (nSPS) is 14.6. The number of carbonyl (C=O) groups excluding carboxylic acids is 2. The van der Waals surface area contributed by atoms with Crippen LogP contribution in [0.5, 0.6) is 0 Å². The molecule has 106 valence electrons. The van der Waals surface area contributed by atoms with Crippen LogP contribution in [0.3, 0.4) is 0 Å². The number of aryl methyl sites for hydroxylation is 1. The molecule has 3 aromatic carbocycles. The fourth-order valence-corrected chi connectivity index (χ4v) is 3.39. The molecular formula is C20H14O2. The minimum Gasteiger partial charge on any atom is -0.293 e. The summed E-state index contributed by atoms with van der Waals surface area (Å²) in [6.07, 6.45) is 0. The topological polar surface area (TPSA) is 34.1 Å². The molecule has 0 aromatic heterocycles. The standard InChI is InChI=1S/C20H14O2/c1-12-10-11-13-6-2-3-7-14(13)17(12)18-19(21)15-8-4-5-9-16(15)20(18)22/h2-11,18H,1H3. The summed E-state index contributed by atoms with van der Waals surface area (Å²) in [5, 5.41) is 2.04. The van der Waals surface area contributed by atoms with E-state index in [1.54, 1.807) is 12.1 Å². The highest BCUT2D eigenvalue weighted by atomic mass is 16.2. The predicted molar refractivity (Wildman–Crippen MR) is 86.5 cm³/mol. The summed E-state index contributed by atoms with van der Waals surface area (Å²) in [6.45, 7) is 1.96. The van der Waals surface area contributed by atoms with Crippen molar-refractivity contribution in [3.8, 4) is 0 Å². The zero-order valence-electron chi connectivity index (χ0n) is 12.2. The number of hydrogen-bond acceptors (Lipinski definition) is 2. The number of ketones is 2. The van der Waals surface area contributed by atoms with Gasteiger partial charge in [-0.15, -0.1) is 0 Å². The maximum atomic E-state index is 12.8. The van der Waals surface area contributed by atoms with Gasteiger partial charge in [0.1, 0.15) is 5.92 Å². The highest BCUT2D eigenvalue weighted by molar-refractivity contribution is 6.30. The van der Waals surface area contributed by atoms with Crippen LogP contribution in [0.1, 0.15) is 37.8 Å². The van der Waals surface area contributed by atoms with Gasteiger partial charge in [0.25, 0.3) is 0 Å². The predicted octanol–water partition coefficient (Wildman–Crippen LogP) is 4.31. The Morgan fingerprint density at radius 2 is 1.32 bits per heavy atom. The van der Waals surface area contributed by atoms with Crippen LogP contribution in [-0.4, -0.2) is 11.6 Å². The summed E-state index contributed by atoms with van der Waals surface area (Å²) in [4.78, 5) is 25.6. The van der Waals surface area contributed by atoms with Gasteiger partial charge >= 0.3 is 0 Å². The first-order valence-corrected chi connectivity index (χ1v) is 7.34. The molecule has 0 amide bonds. The van der Waals surface area contributed by atoms with Crippen molar-refractivity contribution in [1.82, 2.24) is 0 Å². The minimum absolute atomic E-state index is 0.0833. The smallest absolute Gasteiger partial charge is 0.178 e. The summed E-state index contributed by atoms with van der Waals surface area (Å²) >= 11 is 0. The van der Waals surface area contributed by atoms with Gasteiger partial charge in [-0.2, -0.15) is 0 Å². The van der Waals surface area contributed by atoms with Gasteiger partial charge in [-0.25, -0.2) is 0 Å². The summed E-state index contributed by atoms with van der Waals surface area (Å²) in [5.74, 6) is -0.872. The molecule has 2 nitrogen and oxygen atoms in total. The lowest BCUT2D eigenvalue weighted by Crippen LogP contribution is -2.14. The Morgan fingerprint density at radius 3 is 2.00 bits per heavy atom. The van der Waals surface area contributed by atoms with Gasteiger partial charge in [0.15, 0.2) is 11.6 Å². The molecule has 0 bridgehead atoms. The number of Topliss-reactive ketones (excluding diaryl/α,β-unsaturated/α-hetero) is 2. The largest absolute Gasteiger partial charge is 0.293 e. The van der Waals surface area contributed by atoms with Crippen molar-refractivity contribution in [2.24, 2.45) is 0 Å². The van der Waals surface area contributed by atoms with Crippen molar-refractivity contribution < 1.29 is 9.59 Å². The van der Waals surface area contributed by atoms with Crippen molar-refractivity contribution in [2.45, 2.75) is 12.8 Å². The SMILES string of the molecule is Cc1ccc2ccccc2c1C1C(=O)c2ccccc2C1=O. The monoisotopic (exact) mass is 286 g/mol. The maximum Gasteiger partial charge on any atom is 0.178 e. The number of fused-ring (bicyclic) bond motifs is 2. The molecule has 0 radical (unpaired) electrons. The average Bonchev–Trinajstić information content (AvgIpc) is 2.80. The molecule has 0 spiro atoms. The van der Waals surface area contributed by atoms with Gasteiger partial charge in [-0.1, -0.05) is 60.7 Å². The first kappa shape index (κ1) is 13.0. The molecule has 1 aliphatic carbocycles. The van der Waals surface area contributed by atoms with Crippen LogP contribution in [0.15, 0.2) is 60.7 Å². The molecule has 0 N–H and O–H groups in total. The van der Waals surface area contributed by atoms with E-state index in [9.17, 15) is 9.59 Å². The van der Waals surface area contributed by atoms with Crippen molar-refractivity contribution in [1.29, 1.82) is 0 Å². The number of rotatable bonds is 1. The Hall–Kier alpha value is -2.74. The van der Waals surface area contributed by atoms with E-state index in [4.69, 9.17) is 0 Å². The summed E-state index contributed by atoms with van der Waals surface area (Å²) in [7, 11) is 0. The van der Waals surface area contributed by atoms with Gasteiger partial charge in [0.2, 0.25) is 0 Å². The van der Waals surface area contributed by atoms with Crippen molar-refractivity contribution in [3.05, 3.63) is 82.9 Å². The lowest BCUT2D eigenvalue weighted by Gasteiger charge is -2.14. The fraction of sp³-hybridized carbons (Fsp3) is 0.100. The van der Waals surface area contributed by atoms with Crippen LogP contribution in [0.4, 0.5) is 0 Å². The van der Waals surface area contributed by atoms with Crippen LogP contribution in [0.25, 0.3) is 10.8 Å². The van der Waals surface area contributed by atoms with E-state index < -0.39 is 5.92 Å². The van der Waals surface area contributed by atoms with Gasteiger partial charge in [-0.05, 0) is 28.8 Å². The molecule has 0 unspecified atom stereocenters. The Bertz CT molecular complexity index is 902. The highest BCUT2D eigenvalue weighted by Gasteiger charge is 2.40. The molecule has 1 aliphatic rings. The fourth-order valence-electron chi connectivity index (χ4n) is 3.39. The van der Waals surface area contributed by atoms with Gasteiger partial charge < -0.3 is 0 Å². The lowest BCUT2D eigenvalue weighted by molar-refractivity contribution is 0.0890. The lowest BCUT2D eigenvalue weighted by atomic mass is 9.86. The third kappa shape index (κ3) is 1.67. The summed E-state index contributed by atoms with van der Waals surface area (Å²) in [6, 6.07) is 19.0. The highest BCUT2D eigenvalue weighted by Crippen LogP contribution is 2.38. The Labute approximate surface area is 128 Å². The molecule has 0 aliphatic heterocycles. The molecule has 0 saturated carbocycles. The number of hydrogen-bond donors (Lipinski definition) is 0. The van der Waals surface area contributed by atoms with Crippen molar-refractivity contribution >= 4 is 22.3 Å². The van der Waals surface area contributed by atoms with E-state index >= 15 is 0 Å². The molecule has 2 heteroatoms. The summed E-state index contributed by atoms with van der Waals surface area (Å²) in [5.41, 5.74) is 2.93. The third-order valence-corrected chi connectivity index (χ3v) is 4.46. The molecular weight excluding hydrogens is 272 g/mol. The van der Waals surface area contributed by atoms with E-state index in [0.717, 1.165) is 21.9 Å². The minimum atomic E-state index is -0.705. The van der Waals surface area contributed by atoms with Gasteiger partial charge in [-0.3, -0.25) is 9.59 Å². The molecule has 0 fully saturated rings. The van der Waals surface area contributed by atoms with E-state index in [1.165, 1.54) is 0 Å². The van der Waals surface area contributed by atoms with Crippen LogP contribution in [0, 0.1) is 6.92 Å². The second kappa shape index (κ2) is 4.63. The Kier molecular flexibility index (Phi) is 2.73. The molecule has 0 saturated heterocycles. The third-order valence-electron chi connectivity index (χ3n) is 4.46. The molecule has 0 heterocycles. The van der Waals surface area contributed by atoms with Crippen LogP contribution >= 0.6 is 0 Å². The van der Waals surface area contributed by atoms with Gasteiger partial charge in [0.05, 0.1) is 0 Å². The molecule has 22 heavy (non-hydrogen) atoms. The Morgan fingerprint density at radius 1 is 0.727 bits per heavy atom.